The van der Waals surface area contributed by atoms with Crippen molar-refractivity contribution in [1.29, 1.82) is 0 Å². The zero-order valence-electron chi connectivity index (χ0n) is 14.4. The summed E-state index contributed by atoms with van der Waals surface area (Å²) in [6, 6.07) is 11.2. The van der Waals surface area contributed by atoms with Crippen molar-refractivity contribution in [2.24, 2.45) is 10.7 Å². The molecule has 0 radical (unpaired) electrons. The van der Waals surface area contributed by atoms with Crippen LogP contribution in [0.2, 0.25) is 5.02 Å². The van der Waals surface area contributed by atoms with E-state index < -0.39 is 0 Å². The van der Waals surface area contributed by atoms with Crippen molar-refractivity contribution in [1.82, 2.24) is 0 Å². The summed E-state index contributed by atoms with van der Waals surface area (Å²) < 4.78 is 12.4. The molecule has 0 saturated heterocycles. The van der Waals surface area contributed by atoms with E-state index in [1.165, 1.54) is 0 Å². The van der Waals surface area contributed by atoms with Gasteiger partial charge in [0.2, 0.25) is 0 Å². The van der Waals surface area contributed by atoms with E-state index in [1.807, 2.05) is 43.3 Å². The number of nitrogens with two attached hydrogens (primary N) is 1. The Morgan fingerprint density at radius 1 is 1.30 bits per heavy atom. The third kappa shape index (κ3) is 4.86. The highest BCUT2D eigenvalue weighted by atomic mass is 79.9. The highest BCUT2D eigenvalue weighted by Crippen LogP contribution is 2.39. The van der Waals surface area contributed by atoms with E-state index in [0.717, 1.165) is 22.9 Å². The number of carbonyl (C=O) groups excluding carboxylic acids is 1. The minimum absolute atomic E-state index is 0.245. The van der Waals surface area contributed by atoms with Crippen LogP contribution in [0.15, 0.2) is 50.8 Å². The van der Waals surface area contributed by atoms with E-state index >= 15 is 0 Å². The third-order valence-corrected chi connectivity index (χ3v) is 5.37. The fourth-order valence-corrected chi connectivity index (χ4v) is 3.86. The number of hydrogen-bond acceptors (Lipinski definition) is 5. The Kier molecular flexibility index (Phi) is 6.46. The van der Waals surface area contributed by atoms with Crippen LogP contribution in [0.3, 0.4) is 0 Å². The molecule has 0 atom stereocenters. The van der Waals surface area contributed by atoms with Crippen LogP contribution in [0, 0.1) is 0 Å². The first-order chi connectivity index (χ1) is 13.0. The summed E-state index contributed by atoms with van der Waals surface area (Å²) in [7, 11) is 0. The predicted molar refractivity (Wildman–Crippen MR) is 113 cm³/mol. The summed E-state index contributed by atoms with van der Waals surface area (Å²) in [6.45, 7) is 2.66. The van der Waals surface area contributed by atoms with Crippen LogP contribution in [0.5, 0.6) is 11.5 Å². The molecule has 27 heavy (non-hydrogen) atoms. The highest BCUT2D eigenvalue weighted by molar-refractivity contribution is 9.10. The number of hydrogen-bond donors (Lipinski definition) is 1. The number of amidine groups is 1. The molecule has 0 unspecified atom stereocenters. The molecule has 140 valence electrons. The Bertz CT molecular complexity index is 947. The molecule has 2 N–H and O–H groups in total. The van der Waals surface area contributed by atoms with Gasteiger partial charge in [-0.25, -0.2) is 0 Å². The Hall–Kier alpha value is -1.96. The molecule has 0 aliphatic carbocycles. The maximum atomic E-state index is 11.8. The van der Waals surface area contributed by atoms with Crippen molar-refractivity contribution in [3.05, 3.63) is 61.9 Å². The first-order valence-electron chi connectivity index (χ1n) is 8.08. The number of nitrogens with zero attached hydrogens (tertiary/aromatic N) is 1. The molecule has 8 heteroatoms. The quantitative estimate of drug-likeness (QED) is 0.605. The minimum atomic E-state index is -0.342. The summed E-state index contributed by atoms with van der Waals surface area (Å²) in [5.41, 5.74) is 7.24. The first-order valence-corrected chi connectivity index (χ1v) is 10.1. The van der Waals surface area contributed by atoms with Crippen LogP contribution < -0.4 is 15.2 Å². The number of rotatable bonds is 6. The maximum Gasteiger partial charge on any atom is 0.286 e. The lowest BCUT2D eigenvalue weighted by atomic mass is 10.1. The number of ether oxygens (including phenoxy) is 2. The van der Waals surface area contributed by atoms with Crippen molar-refractivity contribution >= 4 is 56.4 Å². The Morgan fingerprint density at radius 2 is 2.07 bits per heavy atom. The summed E-state index contributed by atoms with van der Waals surface area (Å²) in [5.74, 6) is 0.792. The second kappa shape index (κ2) is 8.82. The van der Waals surface area contributed by atoms with E-state index in [-0.39, 0.29) is 11.1 Å². The van der Waals surface area contributed by atoms with Crippen LogP contribution in [0.1, 0.15) is 18.1 Å². The standard InChI is InChI=1S/C19H16BrClN2O3S/c1-2-25-15-8-11(9-16-18(24)23-19(22)27-16)7-13(20)17(15)26-10-12-5-3-4-6-14(12)21/h3-9H,2,10H2,1H3,(H2,22,23,24)/b16-9+. The summed E-state index contributed by atoms with van der Waals surface area (Å²) in [4.78, 5) is 16.0. The van der Waals surface area contributed by atoms with E-state index in [0.29, 0.717) is 39.1 Å². The van der Waals surface area contributed by atoms with Crippen molar-refractivity contribution < 1.29 is 14.3 Å². The average molecular weight is 468 g/mol. The molecule has 2 aromatic rings. The van der Waals surface area contributed by atoms with Gasteiger partial charge in [-0.15, -0.1) is 0 Å². The number of aliphatic imine (C=N–C) groups is 1. The molecule has 1 heterocycles. The minimum Gasteiger partial charge on any atom is -0.490 e. The van der Waals surface area contributed by atoms with Crippen molar-refractivity contribution in [2.45, 2.75) is 13.5 Å². The number of thioether (sulfide) groups is 1. The molecule has 1 amide bonds. The third-order valence-electron chi connectivity index (χ3n) is 3.60. The summed E-state index contributed by atoms with van der Waals surface area (Å²) in [6.07, 6.45) is 1.72. The van der Waals surface area contributed by atoms with Gasteiger partial charge < -0.3 is 15.2 Å². The molecule has 3 rings (SSSR count). The first kappa shape index (κ1) is 19.8. The van der Waals surface area contributed by atoms with Gasteiger partial charge in [-0.3, -0.25) is 4.79 Å². The van der Waals surface area contributed by atoms with Gasteiger partial charge in [-0.05, 0) is 64.5 Å². The fourth-order valence-electron chi connectivity index (χ4n) is 2.42. The average Bonchev–Trinajstić information content (AvgIpc) is 2.93. The number of amides is 1. The van der Waals surface area contributed by atoms with Crippen LogP contribution in [-0.4, -0.2) is 17.7 Å². The molecule has 0 bridgehead atoms. The molecular weight excluding hydrogens is 452 g/mol. The SMILES string of the molecule is CCOc1cc(/C=C2/SC(N)=NC2=O)cc(Br)c1OCc1ccccc1Cl. The molecule has 1 aliphatic rings. The molecule has 2 aromatic carbocycles. The van der Waals surface area contributed by atoms with E-state index in [1.54, 1.807) is 6.08 Å². The summed E-state index contributed by atoms with van der Waals surface area (Å²) >= 11 is 10.9. The number of benzene rings is 2. The number of halogens is 2. The normalized spacial score (nSPS) is 15.1. The van der Waals surface area contributed by atoms with Crippen molar-refractivity contribution in [3.8, 4) is 11.5 Å². The zero-order valence-corrected chi connectivity index (χ0v) is 17.5. The molecule has 0 aromatic heterocycles. The van der Waals surface area contributed by atoms with Crippen LogP contribution in [-0.2, 0) is 11.4 Å². The van der Waals surface area contributed by atoms with Gasteiger partial charge in [0.15, 0.2) is 16.7 Å². The van der Waals surface area contributed by atoms with Crippen molar-refractivity contribution in [2.75, 3.05) is 6.61 Å². The van der Waals surface area contributed by atoms with Crippen molar-refractivity contribution in [3.63, 3.8) is 0 Å². The molecule has 0 spiro atoms. The lowest BCUT2D eigenvalue weighted by Crippen LogP contribution is -2.01. The topological polar surface area (TPSA) is 73.9 Å². The van der Waals surface area contributed by atoms with Crippen LogP contribution in [0.25, 0.3) is 6.08 Å². The van der Waals surface area contributed by atoms with Crippen LogP contribution >= 0.6 is 39.3 Å². The molecule has 0 fully saturated rings. The Morgan fingerprint density at radius 3 is 2.74 bits per heavy atom. The Balaban J connectivity index is 1.87. The molecular formula is C19H16BrClN2O3S. The lowest BCUT2D eigenvalue weighted by Gasteiger charge is -2.15. The van der Waals surface area contributed by atoms with Gasteiger partial charge in [0.25, 0.3) is 5.91 Å². The molecule has 5 nitrogen and oxygen atoms in total. The van der Waals surface area contributed by atoms with Gasteiger partial charge >= 0.3 is 0 Å². The van der Waals surface area contributed by atoms with Gasteiger partial charge in [0.1, 0.15) is 6.61 Å². The second-order valence-electron chi connectivity index (χ2n) is 5.51. The lowest BCUT2D eigenvalue weighted by molar-refractivity contribution is -0.113. The zero-order chi connectivity index (χ0) is 19.4. The Labute approximate surface area is 174 Å². The largest absolute Gasteiger partial charge is 0.490 e. The van der Waals surface area contributed by atoms with Gasteiger partial charge in [0, 0.05) is 10.6 Å². The van der Waals surface area contributed by atoms with Crippen LogP contribution in [0.4, 0.5) is 0 Å². The molecule has 1 aliphatic heterocycles. The second-order valence-corrected chi connectivity index (χ2v) is 7.83. The van der Waals surface area contributed by atoms with E-state index in [4.69, 9.17) is 26.8 Å². The smallest absolute Gasteiger partial charge is 0.286 e. The maximum absolute atomic E-state index is 11.8. The van der Waals surface area contributed by atoms with Gasteiger partial charge in [0.05, 0.1) is 16.0 Å². The molecule has 0 saturated carbocycles. The number of carbonyl (C=O) groups is 1. The highest BCUT2D eigenvalue weighted by Gasteiger charge is 2.20. The predicted octanol–water partition coefficient (Wildman–Crippen LogP) is 5.01. The van der Waals surface area contributed by atoms with Gasteiger partial charge in [-0.1, -0.05) is 29.8 Å². The monoisotopic (exact) mass is 466 g/mol. The van der Waals surface area contributed by atoms with Gasteiger partial charge in [-0.2, -0.15) is 4.99 Å². The summed E-state index contributed by atoms with van der Waals surface area (Å²) in [5, 5.41) is 0.886. The van der Waals surface area contributed by atoms with E-state index in [2.05, 4.69) is 20.9 Å². The van der Waals surface area contributed by atoms with E-state index in [9.17, 15) is 4.79 Å². The fraction of sp³-hybridized carbons (Fsp3) is 0.158.